The largest absolute Gasteiger partial charge is 0.497 e. The maximum absolute atomic E-state index is 13.0. The lowest BCUT2D eigenvalue weighted by atomic mass is 9.80. The second kappa shape index (κ2) is 6.00. The van der Waals surface area contributed by atoms with E-state index >= 15 is 0 Å². The molecule has 3 rings (SSSR count). The van der Waals surface area contributed by atoms with Gasteiger partial charge in [-0.05, 0) is 24.1 Å². The van der Waals surface area contributed by atoms with E-state index in [2.05, 4.69) is 0 Å². The van der Waals surface area contributed by atoms with Crippen LogP contribution in [-0.2, 0) is 21.5 Å². The quantitative estimate of drug-likeness (QED) is 0.918. The highest BCUT2D eigenvalue weighted by molar-refractivity contribution is 6.09. The molecule has 0 bridgehead atoms. The van der Waals surface area contributed by atoms with Gasteiger partial charge in [0, 0.05) is 6.07 Å². The minimum atomic E-state index is -1.07. The van der Waals surface area contributed by atoms with Crippen LogP contribution in [0.5, 0.6) is 5.75 Å². The highest BCUT2D eigenvalue weighted by Gasteiger charge is 2.48. The van der Waals surface area contributed by atoms with E-state index in [-0.39, 0.29) is 12.3 Å². The number of amides is 1. The van der Waals surface area contributed by atoms with E-state index in [0.29, 0.717) is 18.0 Å². The third-order valence-electron chi connectivity index (χ3n) is 4.50. The van der Waals surface area contributed by atoms with Crippen LogP contribution in [0.1, 0.15) is 24.5 Å². The maximum Gasteiger partial charge on any atom is 0.304 e. The van der Waals surface area contributed by atoms with Crippen molar-refractivity contribution in [3.63, 3.8) is 0 Å². The van der Waals surface area contributed by atoms with Crippen molar-refractivity contribution in [1.82, 2.24) is 0 Å². The van der Waals surface area contributed by atoms with Crippen molar-refractivity contribution in [1.29, 1.82) is 0 Å². The molecule has 0 saturated carbocycles. The van der Waals surface area contributed by atoms with Crippen molar-refractivity contribution in [2.75, 3.05) is 12.0 Å². The van der Waals surface area contributed by atoms with Gasteiger partial charge in [0.1, 0.15) is 5.75 Å². The van der Waals surface area contributed by atoms with Crippen LogP contribution in [0.15, 0.2) is 48.5 Å². The molecule has 1 aliphatic heterocycles. The number of carbonyl (C=O) groups is 2. The Bertz CT molecular complexity index is 787. The average Bonchev–Trinajstić information content (AvgIpc) is 2.76. The fourth-order valence-corrected chi connectivity index (χ4v) is 3.25. The molecule has 5 heteroatoms. The molecule has 0 saturated heterocycles. The number of ether oxygens (including phenoxy) is 1. The summed E-state index contributed by atoms with van der Waals surface area (Å²) in [5.41, 5.74) is 1.36. The summed E-state index contributed by atoms with van der Waals surface area (Å²) in [7, 11) is 1.57. The Balaban J connectivity index is 2.07. The molecule has 0 radical (unpaired) electrons. The number of hydrogen-bond acceptors (Lipinski definition) is 3. The minimum absolute atomic E-state index is 0.197. The van der Waals surface area contributed by atoms with Crippen molar-refractivity contribution in [2.24, 2.45) is 0 Å². The minimum Gasteiger partial charge on any atom is -0.497 e. The zero-order valence-corrected chi connectivity index (χ0v) is 13.7. The molecule has 1 unspecified atom stereocenters. The second-order valence-corrected chi connectivity index (χ2v) is 6.16. The number of carboxylic acids is 1. The second-order valence-electron chi connectivity index (χ2n) is 6.16. The molecule has 2 aromatic carbocycles. The number of hydrogen-bond donors (Lipinski definition) is 1. The first-order valence-electron chi connectivity index (χ1n) is 7.72. The van der Waals surface area contributed by atoms with Gasteiger partial charge in [0.05, 0.1) is 31.2 Å². The summed E-state index contributed by atoms with van der Waals surface area (Å²) in [5.74, 6) is -0.551. The van der Waals surface area contributed by atoms with Gasteiger partial charge >= 0.3 is 5.97 Å². The van der Waals surface area contributed by atoms with Gasteiger partial charge in [0.25, 0.3) is 0 Å². The zero-order chi connectivity index (χ0) is 17.3. The van der Waals surface area contributed by atoms with Gasteiger partial charge in [-0.1, -0.05) is 36.4 Å². The number of carboxylic acid groups (broad SMARTS) is 1. The van der Waals surface area contributed by atoms with Crippen LogP contribution < -0.4 is 9.64 Å². The number of nitrogens with zero attached hydrogens (tertiary/aromatic N) is 1. The zero-order valence-electron chi connectivity index (χ0n) is 13.7. The molecule has 1 amide bonds. The molecule has 0 aromatic heterocycles. The Morgan fingerprint density at radius 2 is 1.92 bits per heavy atom. The first-order valence-corrected chi connectivity index (χ1v) is 7.72. The highest BCUT2D eigenvalue weighted by atomic mass is 16.5. The van der Waals surface area contributed by atoms with Gasteiger partial charge in [-0.25, -0.2) is 0 Å². The lowest BCUT2D eigenvalue weighted by molar-refractivity contribution is -0.141. The summed E-state index contributed by atoms with van der Waals surface area (Å²) in [5, 5.41) is 9.26. The first kappa shape index (κ1) is 16.1. The molecule has 0 fully saturated rings. The third-order valence-corrected chi connectivity index (χ3v) is 4.50. The number of methoxy groups -OCH3 is 1. The molecule has 1 heterocycles. The van der Waals surface area contributed by atoms with Gasteiger partial charge in [-0.3, -0.25) is 9.59 Å². The molecule has 0 aliphatic carbocycles. The van der Waals surface area contributed by atoms with Crippen LogP contribution in [0.2, 0.25) is 0 Å². The Hall–Kier alpha value is -2.82. The van der Waals surface area contributed by atoms with Crippen molar-refractivity contribution in [2.45, 2.75) is 25.3 Å². The molecular formula is C19H19NO4. The molecule has 0 spiro atoms. The lowest BCUT2D eigenvalue weighted by Crippen LogP contribution is -2.39. The van der Waals surface area contributed by atoms with E-state index in [4.69, 9.17) is 4.74 Å². The number of benzene rings is 2. The van der Waals surface area contributed by atoms with Crippen LogP contribution in [0.25, 0.3) is 0 Å². The van der Waals surface area contributed by atoms with E-state index < -0.39 is 11.4 Å². The smallest absolute Gasteiger partial charge is 0.304 e. The summed E-state index contributed by atoms with van der Waals surface area (Å²) in [6.07, 6.45) is -0.240. The number of fused-ring (bicyclic) bond motifs is 1. The van der Waals surface area contributed by atoms with E-state index in [1.54, 1.807) is 37.1 Å². The summed E-state index contributed by atoms with van der Waals surface area (Å²) in [6, 6.07) is 15.0. The standard InChI is InChI=1S/C19H19NO4/c1-19(11-17(21)22)15-9-8-14(24-2)10-16(15)20(18(19)23)12-13-6-4-3-5-7-13/h3-10H,11-12H2,1-2H3,(H,21,22). The molecule has 124 valence electrons. The summed E-state index contributed by atoms with van der Waals surface area (Å²) < 4.78 is 5.27. The van der Waals surface area contributed by atoms with Gasteiger partial charge in [-0.15, -0.1) is 0 Å². The molecule has 2 aromatic rings. The normalized spacial score (nSPS) is 19.2. The Kier molecular flexibility index (Phi) is 4.01. The van der Waals surface area contributed by atoms with Crippen LogP contribution in [0.3, 0.4) is 0 Å². The van der Waals surface area contributed by atoms with Gasteiger partial charge in [0.2, 0.25) is 5.91 Å². The number of rotatable bonds is 5. The van der Waals surface area contributed by atoms with Crippen molar-refractivity contribution < 1.29 is 19.4 Å². The number of carbonyl (C=O) groups excluding carboxylic acids is 1. The molecule has 1 aliphatic rings. The van der Waals surface area contributed by atoms with Crippen LogP contribution in [0, 0.1) is 0 Å². The first-order chi connectivity index (χ1) is 11.5. The van der Waals surface area contributed by atoms with E-state index in [1.807, 2.05) is 30.3 Å². The summed E-state index contributed by atoms with van der Waals surface area (Å²) >= 11 is 0. The topological polar surface area (TPSA) is 66.8 Å². The Morgan fingerprint density at radius 3 is 2.54 bits per heavy atom. The monoisotopic (exact) mass is 325 g/mol. The molecular weight excluding hydrogens is 306 g/mol. The predicted octanol–water partition coefficient (Wildman–Crippen LogP) is 2.97. The van der Waals surface area contributed by atoms with Crippen LogP contribution >= 0.6 is 0 Å². The predicted molar refractivity (Wildman–Crippen MR) is 90.2 cm³/mol. The van der Waals surface area contributed by atoms with E-state index in [0.717, 1.165) is 11.1 Å². The van der Waals surface area contributed by atoms with Crippen LogP contribution in [0.4, 0.5) is 5.69 Å². The molecule has 5 nitrogen and oxygen atoms in total. The molecule has 1 N–H and O–H groups in total. The van der Waals surface area contributed by atoms with Crippen molar-refractivity contribution >= 4 is 17.6 Å². The molecule has 24 heavy (non-hydrogen) atoms. The number of aliphatic carboxylic acids is 1. The summed E-state index contributed by atoms with van der Waals surface area (Å²) in [4.78, 5) is 26.0. The molecule has 1 atom stereocenters. The maximum atomic E-state index is 13.0. The highest BCUT2D eigenvalue weighted by Crippen LogP contribution is 2.46. The van der Waals surface area contributed by atoms with Crippen molar-refractivity contribution in [3.8, 4) is 5.75 Å². The SMILES string of the molecule is COc1ccc2c(c1)N(Cc1ccccc1)C(=O)C2(C)CC(=O)O. The Morgan fingerprint density at radius 1 is 1.21 bits per heavy atom. The fourth-order valence-electron chi connectivity index (χ4n) is 3.25. The van der Waals surface area contributed by atoms with Crippen LogP contribution in [-0.4, -0.2) is 24.1 Å². The van der Waals surface area contributed by atoms with Crippen molar-refractivity contribution in [3.05, 3.63) is 59.7 Å². The summed E-state index contributed by atoms with van der Waals surface area (Å²) in [6.45, 7) is 2.09. The van der Waals surface area contributed by atoms with Gasteiger partial charge in [0.15, 0.2) is 0 Å². The van der Waals surface area contributed by atoms with Gasteiger partial charge < -0.3 is 14.7 Å². The fraction of sp³-hybridized carbons (Fsp3) is 0.263. The third kappa shape index (κ3) is 2.62. The number of anilines is 1. The van der Waals surface area contributed by atoms with Gasteiger partial charge in [-0.2, -0.15) is 0 Å². The average molecular weight is 325 g/mol. The Labute approximate surface area is 140 Å². The lowest BCUT2D eigenvalue weighted by Gasteiger charge is -2.22. The van der Waals surface area contributed by atoms with E-state index in [1.165, 1.54) is 0 Å². The van der Waals surface area contributed by atoms with E-state index in [9.17, 15) is 14.7 Å².